The van der Waals surface area contributed by atoms with Crippen LogP contribution in [-0.4, -0.2) is 39.5 Å². The normalized spacial score (nSPS) is 12.0. The third-order valence-electron chi connectivity index (χ3n) is 3.10. The van der Waals surface area contributed by atoms with E-state index in [1.165, 1.54) is 0 Å². The van der Waals surface area contributed by atoms with Gasteiger partial charge in [0, 0.05) is 24.4 Å². The first-order valence-corrected chi connectivity index (χ1v) is 7.38. The Morgan fingerprint density at radius 3 is 2.32 bits per heavy atom. The van der Waals surface area contributed by atoms with Crippen LogP contribution in [-0.2, 0) is 9.59 Å². The Morgan fingerprint density at radius 2 is 1.82 bits per heavy atom. The molecule has 1 aromatic rings. The molecule has 1 unspecified atom stereocenters. The topological polar surface area (TPSA) is 104 Å². The highest BCUT2D eigenvalue weighted by Gasteiger charge is 2.22. The third-order valence-corrected chi connectivity index (χ3v) is 3.10. The number of carbonyl (C=O) groups excluding carboxylic acids is 1. The Kier molecular flexibility index (Phi) is 6.75. The van der Waals surface area contributed by atoms with Crippen molar-refractivity contribution in [2.24, 2.45) is 5.92 Å². The summed E-state index contributed by atoms with van der Waals surface area (Å²) in [5.74, 6) is -0.874. The summed E-state index contributed by atoms with van der Waals surface area (Å²) in [7, 11) is 0. The van der Waals surface area contributed by atoms with Crippen LogP contribution in [0.1, 0.15) is 38.1 Å². The van der Waals surface area contributed by atoms with Crippen LogP contribution in [0, 0.1) is 19.8 Å². The lowest BCUT2D eigenvalue weighted by Crippen LogP contribution is -2.44. The molecular weight excluding hydrogens is 284 g/mol. The van der Waals surface area contributed by atoms with E-state index in [9.17, 15) is 9.59 Å². The van der Waals surface area contributed by atoms with Crippen molar-refractivity contribution >= 4 is 17.8 Å². The molecule has 0 bridgehead atoms. The molecule has 3 N–H and O–H groups in total. The first kappa shape index (κ1) is 17.9. The van der Waals surface area contributed by atoms with Crippen molar-refractivity contribution in [2.45, 2.75) is 46.6 Å². The summed E-state index contributed by atoms with van der Waals surface area (Å²) in [6, 6.07) is 1.04. The van der Waals surface area contributed by atoms with Gasteiger partial charge in [0.25, 0.3) is 0 Å². The SMILES string of the molecule is Cc1cc(C)nc(NCCCC(=O)NC(C(=O)O)C(C)C)n1. The summed E-state index contributed by atoms with van der Waals surface area (Å²) in [4.78, 5) is 31.3. The minimum atomic E-state index is -1.01. The number of rotatable bonds is 8. The van der Waals surface area contributed by atoms with E-state index in [1.807, 2.05) is 19.9 Å². The fourth-order valence-electron chi connectivity index (χ4n) is 2.01. The largest absolute Gasteiger partial charge is 0.480 e. The highest BCUT2D eigenvalue weighted by atomic mass is 16.4. The van der Waals surface area contributed by atoms with E-state index in [-0.39, 0.29) is 18.2 Å². The van der Waals surface area contributed by atoms with Gasteiger partial charge < -0.3 is 15.7 Å². The molecule has 1 heterocycles. The average molecular weight is 308 g/mol. The quantitative estimate of drug-likeness (QED) is 0.629. The molecule has 0 saturated heterocycles. The van der Waals surface area contributed by atoms with Crippen molar-refractivity contribution in [3.05, 3.63) is 17.5 Å². The smallest absolute Gasteiger partial charge is 0.326 e. The van der Waals surface area contributed by atoms with E-state index >= 15 is 0 Å². The number of aryl methyl sites for hydroxylation is 2. The van der Waals surface area contributed by atoms with E-state index in [0.717, 1.165) is 11.4 Å². The van der Waals surface area contributed by atoms with Crippen LogP contribution in [0.3, 0.4) is 0 Å². The lowest BCUT2D eigenvalue weighted by Gasteiger charge is -2.17. The molecular formula is C15H24N4O3. The molecule has 1 aromatic heterocycles. The summed E-state index contributed by atoms with van der Waals surface area (Å²) in [5, 5.41) is 14.6. The molecule has 22 heavy (non-hydrogen) atoms. The number of carboxylic acid groups (broad SMARTS) is 1. The maximum atomic E-state index is 11.7. The van der Waals surface area contributed by atoms with Crippen LogP contribution in [0.25, 0.3) is 0 Å². The fourth-order valence-corrected chi connectivity index (χ4v) is 2.01. The molecule has 0 radical (unpaired) electrons. The van der Waals surface area contributed by atoms with E-state index in [1.54, 1.807) is 13.8 Å². The lowest BCUT2D eigenvalue weighted by molar-refractivity contribution is -0.143. The molecule has 0 aliphatic rings. The summed E-state index contributed by atoms with van der Waals surface area (Å²) >= 11 is 0. The number of carbonyl (C=O) groups is 2. The van der Waals surface area contributed by atoms with Crippen LogP contribution in [0.5, 0.6) is 0 Å². The molecule has 0 fully saturated rings. The second-order valence-corrected chi connectivity index (χ2v) is 5.63. The van der Waals surface area contributed by atoms with Gasteiger partial charge in [-0.1, -0.05) is 13.8 Å². The number of hydrogen-bond acceptors (Lipinski definition) is 5. The van der Waals surface area contributed by atoms with E-state index < -0.39 is 12.0 Å². The molecule has 7 heteroatoms. The highest BCUT2D eigenvalue weighted by molar-refractivity contribution is 5.83. The number of nitrogens with zero attached hydrogens (tertiary/aromatic N) is 2. The van der Waals surface area contributed by atoms with Crippen LogP contribution >= 0.6 is 0 Å². The standard InChI is InChI=1S/C15H24N4O3/c1-9(2)13(14(21)22)19-12(20)6-5-7-16-15-17-10(3)8-11(4)18-15/h8-9,13H,5-7H2,1-4H3,(H,19,20)(H,21,22)(H,16,17,18). The maximum absolute atomic E-state index is 11.7. The molecule has 7 nitrogen and oxygen atoms in total. The molecule has 0 aromatic carbocycles. The Morgan fingerprint density at radius 1 is 1.23 bits per heavy atom. The second-order valence-electron chi connectivity index (χ2n) is 5.63. The van der Waals surface area contributed by atoms with Gasteiger partial charge in [-0.2, -0.15) is 0 Å². The zero-order valence-electron chi connectivity index (χ0n) is 13.5. The van der Waals surface area contributed by atoms with Crippen LogP contribution in [0.4, 0.5) is 5.95 Å². The Bertz CT molecular complexity index is 511. The minimum absolute atomic E-state index is 0.150. The maximum Gasteiger partial charge on any atom is 0.326 e. The van der Waals surface area contributed by atoms with Crippen molar-refractivity contribution in [2.75, 3.05) is 11.9 Å². The van der Waals surface area contributed by atoms with Gasteiger partial charge in [-0.05, 0) is 32.3 Å². The van der Waals surface area contributed by atoms with Gasteiger partial charge in [-0.25, -0.2) is 14.8 Å². The number of aromatic nitrogens is 2. The summed E-state index contributed by atoms with van der Waals surface area (Å²) in [6.07, 6.45) is 0.834. The van der Waals surface area contributed by atoms with Crippen LogP contribution in [0.15, 0.2) is 6.07 Å². The Balaban J connectivity index is 2.34. The van der Waals surface area contributed by atoms with Crippen LogP contribution < -0.4 is 10.6 Å². The van der Waals surface area contributed by atoms with Crippen molar-refractivity contribution < 1.29 is 14.7 Å². The molecule has 0 saturated carbocycles. The molecule has 122 valence electrons. The van der Waals surface area contributed by atoms with Gasteiger partial charge in [0.2, 0.25) is 11.9 Å². The van der Waals surface area contributed by atoms with Gasteiger partial charge >= 0.3 is 5.97 Å². The second kappa shape index (κ2) is 8.31. The van der Waals surface area contributed by atoms with Crippen molar-refractivity contribution in [3.8, 4) is 0 Å². The monoisotopic (exact) mass is 308 g/mol. The first-order valence-electron chi connectivity index (χ1n) is 7.38. The number of nitrogens with one attached hydrogen (secondary N) is 2. The predicted molar refractivity (Wildman–Crippen MR) is 83.6 cm³/mol. The van der Waals surface area contributed by atoms with Gasteiger partial charge in [0.15, 0.2) is 0 Å². The van der Waals surface area contributed by atoms with Gasteiger partial charge in [-0.3, -0.25) is 4.79 Å². The number of anilines is 1. The van der Waals surface area contributed by atoms with E-state index in [2.05, 4.69) is 20.6 Å². The van der Waals surface area contributed by atoms with E-state index in [0.29, 0.717) is 18.9 Å². The highest BCUT2D eigenvalue weighted by Crippen LogP contribution is 2.05. The summed E-state index contributed by atoms with van der Waals surface area (Å²) in [6.45, 7) is 7.86. The van der Waals surface area contributed by atoms with Crippen molar-refractivity contribution in [1.82, 2.24) is 15.3 Å². The van der Waals surface area contributed by atoms with Gasteiger partial charge in [-0.15, -0.1) is 0 Å². The number of amides is 1. The molecule has 0 spiro atoms. The zero-order valence-corrected chi connectivity index (χ0v) is 13.5. The lowest BCUT2D eigenvalue weighted by atomic mass is 10.0. The third kappa shape index (κ3) is 6.07. The fraction of sp³-hybridized carbons (Fsp3) is 0.600. The molecule has 1 rings (SSSR count). The average Bonchev–Trinajstić information content (AvgIpc) is 2.39. The predicted octanol–water partition coefficient (Wildman–Crippen LogP) is 1.51. The number of hydrogen-bond donors (Lipinski definition) is 3. The summed E-state index contributed by atoms with van der Waals surface area (Å²) in [5.41, 5.74) is 1.77. The number of aliphatic carboxylic acids is 1. The van der Waals surface area contributed by atoms with Crippen LogP contribution in [0.2, 0.25) is 0 Å². The Labute approximate surface area is 130 Å². The molecule has 1 atom stereocenters. The van der Waals surface area contributed by atoms with Gasteiger partial charge in [0.05, 0.1) is 0 Å². The van der Waals surface area contributed by atoms with E-state index in [4.69, 9.17) is 5.11 Å². The molecule has 0 aliphatic carbocycles. The molecule has 0 aliphatic heterocycles. The zero-order chi connectivity index (χ0) is 16.7. The summed E-state index contributed by atoms with van der Waals surface area (Å²) < 4.78 is 0. The van der Waals surface area contributed by atoms with Gasteiger partial charge in [0.1, 0.15) is 6.04 Å². The number of carboxylic acids is 1. The Hall–Kier alpha value is -2.18. The first-order chi connectivity index (χ1) is 10.3. The van der Waals surface area contributed by atoms with Crippen molar-refractivity contribution in [3.63, 3.8) is 0 Å². The van der Waals surface area contributed by atoms with Crippen molar-refractivity contribution in [1.29, 1.82) is 0 Å². The molecule has 1 amide bonds. The minimum Gasteiger partial charge on any atom is -0.480 e.